The summed E-state index contributed by atoms with van der Waals surface area (Å²) in [6, 6.07) is 70.3. The highest BCUT2D eigenvalue weighted by Gasteiger charge is 2.22. The van der Waals surface area contributed by atoms with E-state index in [0.29, 0.717) is 17.6 Å². The first-order chi connectivity index (χ1) is 27.8. The van der Waals surface area contributed by atoms with Crippen LogP contribution in [-0.4, -0.2) is 24.1 Å². The summed E-state index contributed by atoms with van der Waals surface area (Å²) in [4.78, 5) is 15.9. The summed E-state index contributed by atoms with van der Waals surface area (Å²) >= 11 is 0. The molecule has 262 valence electrons. The van der Waals surface area contributed by atoms with E-state index >= 15 is 0 Å². The van der Waals surface area contributed by atoms with Crippen molar-refractivity contribution >= 4 is 43.6 Å². The van der Waals surface area contributed by atoms with E-state index in [4.69, 9.17) is 15.0 Å². The maximum absolute atomic E-state index is 5.36. The fraction of sp³-hybridized carbons (Fsp3) is 0. The lowest BCUT2D eigenvalue weighted by Gasteiger charge is -2.15. The van der Waals surface area contributed by atoms with Crippen LogP contribution in [0.5, 0.6) is 0 Å². The molecule has 0 aliphatic heterocycles. The van der Waals surface area contributed by atoms with Gasteiger partial charge in [0, 0.05) is 32.7 Å². The Morgan fingerprint density at radius 2 is 0.768 bits per heavy atom. The van der Waals surface area contributed by atoms with Gasteiger partial charge in [-0.2, -0.15) is 9.97 Å². The number of aromatic nitrogens is 5. The third kappa shape index (κ3) is 5.13. The van der Waals surface area contributed by atoms with Gasteiger partial charge in [0.15, 0.2) is 11.6 Å². The highest BCUT2D eigenvalue weighted by Crippen LogP contribution is 2.41. The minimum Gasteiger partial charge on any atom is -0.308 e. The molecule has 11 rings (SSSR count). The average Bonchev–Trinajstić information content (AvgIpc) is 3.80. The maximum atomic E-state index is 5.36. The van der Waals surface area contributed by atoms with Crippen LogP contribution in [0, 0.1) is 0 Å². The topological polar surface area (TPSA) is 48.5 Å². The Morgan fingerprint density at radius 1 is 0.286 bits per heavy atom. The lowest BCUT2D eigenvalue weighted by molar-refractivity contribution is 0.951. The predicted molar refractivity (Wildman–Crippen MR) is 230 cm³/mol. The highest BCUT2D eigenvalue weighted by molar-refractivity contribution is 6.16. The summed E-state index contributed by atoms with van der Waals surface area (Å²) in [5.41, 5.74) is 11.8. The van der Waals surface area contributed by atoms with Crippen molar-refractivity contribution in [2.45, 2.75) is 0 Å². The molecule has 0 fully saturated rings. The molecule has 3 heterocycles. The number of rotatable bonds is 6. The molecule has 0 bridgehead atoms. The minimum atomic E-state index is 0.568. The summed E-state index contributed by atoms with van der Waals surface area (Å²) in [5, 5.41) is 4.71. The Kier molecular flexibility index (Phi) is 7.42. The van der Waals surface area contributed by atoms with Gasteiger partial charge in [-0.25, -0.2) is 4.98 Å². The summed E-state index contributed by atoms with van der Waals surface area (Å²) in [5.74, 6) is 1.77. The van der Waals surface area contributed by atoms with Crippen LogP contribution in [-0.2, 0) is 0 Å². The molecule has 0 unspecified atom stereocenters. The van der Waals surface area contributed by atoms with Gasteiger partial charge in [-0.3, -0.25) is 4.57 Å². The van der Waals surface area contributed by atoms with Crippen molar-refractivity contribution in [3.8, 4) is 56.7 Å². The van der Waals surface area contributed by atoms with Crippen LogP contribution in [0.1, 0.15) is 0 Å². The number of hydrogen-bond donors (Lipinski definition) is 0. The van der Waals surface area contributed by atoms with Gasteiger partial charge >= 0.3 is 0 Å². The molecule has 0 amide bonds. The minimum absolute atomic E-state index is 0.568. The van der Waals surface area contributed by atoms with E-state index in [2.05, 4.69) is 203 Å². The molecule has 0 aliphatic rings. The van der Waals surface area contributed by atoms with Crippen molar-refractivity contribution < 1.29 is 0 Å². The molecule has 0 saturated heterocycles. The monoisotopic (exact) mass is 715 g/mol. The van der Waals surface area contributed by atoms with E-state index in [1.807, 2.05) is 6.07 Å². The average molecular weight is 716 g/mol. The molecule has 5 nitrogen and oxygen atoms in total. The summed E-state index contributed by atoms with van der Waals surface area (Å²) in [6.45, 7) is 0. The van der Waals surface area contributed by atoms with Gasteiger partial charge in [0.25, 0.3) is 0 Å². The number of hydrogen-bond acceptors (Lipinski definition) is 3. The van der Waals surface area contributed by atoms with Gasteiger partial charge in [0.1, 0.15) is 0 Å². The maximum Gasteiger partial charge on any atom is 0.238 e. The second-order valence-corrected chi connectivity index (χ2v) is 14.0. The zero-order valence-electron chi connectivity index (χ0n) is 30.3. The van der Waals surface area contributed by atoms with Crippen LogP contribution < -0.4 is 0 Å². The van der Waals surface area contributed by atoms with Crippen molar-refractivity contribution in [2.75, 3.05) is 0 Å². The Morgan fingerprint density at radius 3 is 1.46 bits per heavy atom. The molecular weight excluding hydrogens is 683 g/mol. The molecule has 3 aromatic heterocycles. The van der Waals surface area contributed by atoms with Gasteiger partial charge in [0.2, 0.25) is 5.95 Å². The van der Waals surface area contributed by atoms with Gasteiger partial charge in [-0.1, -0.05) is 164 Å². The molecule has 0 atom stereocenters. The van der Waals surface area contributed by atoms with Crippen LogP contribution >= 0.6 is 0 Å². The highest BCUT2D eigenvalue weighted by atomic mass is 15.2. The van der Waals surface area contributed by atoms with Crippen molar-refractivity contribution in [3.05, 3.63) is 200 Å². The van der Waals surface area contributed by atoms with Crippen LogP contribution in [0.3, 0.4) is 0 Å². The fourth-order valence-electron chi connectivity index (χ4n) is 8.29. The molecule has 11 aromatic rings. The van der Waals surface area contributed by atoms with Crippen molar-refractivity contribution in [3.63, 3.8) is 0 Å². The zero-order chi connectivity index (χ0) is 37.0. The van der Waals surface area contributed by atoms with Crippen LogP contribution in [0.2, 0.25) is 0 Å². The van der Waals surface area contributed by atoms with Gasteiger partial charge < -0.3 is 4.57 Å². The summed E-state index contributed by atoms with van der Waals surface area (Å²) < 4.78 is 4.54. The standard InChI is InChI=1S/C51H33N5/c1-3-16-34(17-4-1)35-30-32-37(33-31-35)49-52-50(54-51(53-49)56-43-25-11-7-20-39(43)40-21-8-12-26-44(40)56)42-23-10-14-28-46(42)55-45-27-13-9-22-41(45)48-38(24-15-29-47(48)55)36-18-5-2-6-19-36/h1-33H. The third-order valence-electron chi connectivity index (χ3n) is 10.8. The molecule has 0 aliphatic carbocycles. The first-order valence-corrected chi connectivity index (χ1v) is 18.9. The SMILES string of the molecule is c1ccc(-c2ccc(-c3nc(-c4ccccc4-n4c5ccccc5c5c(-c6ccccc6)cccc54)nc(-n4c5ccccc5c5ccccc54)n3)cc2)cc1. The summed E-state index contributed by atoms with van der Waals surface area (Å²) in [6.07, 6.45) is 0. The van der Waals surface area contributed by atoms with Crippen LogP contribution in [0.15, 0.2) is 200 Å². The smallest absolute Gasteiger partial charge is 0.238 e. The number of benzene rings is 8. The van der Waals surface area contributed by atoms with Gasteiger partial charge in [0.05, 0.1) is 27.8 Å². The van der Waals surface area contributed by atoms with E-state index in [1.54, 1.807) is 0 Å². The van der Waals surface area contributed by atoms with Crippen LogP contribution in [0.4, 0.5) is 0 Å². The molecule has 8 aromatic carbocycles. The van der Waals surface area contributed by atoms with Crippen LogP contribution in [0.25, 0.3) is 100 Å². The Hall–Kier alpha value is -7.63. The lowest BCUT2D eigenvalue weighted by Crippen LogP contribution is -2.07. The van der Waals surface area contributed by atoms with Gasteiger partial charge in [-0.15, -0.1) is 0 Å². The number of nitrogens with zero attached hydrogens (tertiary/aromatic N) is 5. The molecule has 56 heavy (non-hydrogen) atoms. The Balaban J connectivity index is 1.17. The van der Waals surface area contributed by atoms with Crippen molar-refractivity contribution in [1.82, 2.24) is 24.1 Å². The molecule has 0 radical (unpaired) electrons. The van der Waals surface area contributed by atoms with E-state index in [0.717, 1.165) is 60.8 Å². The van der Waals surface area contributed by atoms with E-state index in [-0.39, 0.29) is 0 Å². The normalized spacial score (nSPS) is 11.6. The number of fused-ring (bicyclic) bond motifs is 6. The Bertz CT molecular complexity index is 3180. The number of para-hydroxylation sites is 4. The quantitative estimate of drug-likeness (QED) is 0.172. The van der Waals surface area contributed by atoms with E-state index in [9.17, 15) is 0 Å². The molecule has 5 heteroatoms. The molecule has 0 spiro atoms. The van der Waals surface area contributed by atoms with E-state index < -0.39 is 0 Å². The second-order valence-electron chi connectivity index (χ2n) is 14.0. The third-order valence-corrected chi connectivity index (χ3v) is 10.8. The van der Waals surface area contributed by atoms with Crippen molar-refractivity contribution in [1.29, 1.82) is 0 Å². The lowest BCUT2D eigenvalue weighted by atomic mass is 9.99. The Labute approximate surface area is 323 Å². The zero-order valence-corrected chi connectivity index (χ0v) is 30.3. The first-order valence-electron chi connectivity index (χ1n) is 18.9. The molecular formula is C51H33N5. The second kappa shape index (κ2) is 13.0. The largest absolute Gasteiger partial charge is 0.308 e. The molecule has 0 N–H and O–H groups in total. The summed E-state index contributed by atoms with van der Waals surface area (Å²) in [7, 11) is 0. The van der Waals surface area contributed by atoms with E-state index in [1.165, 1.54) is 21.9 Å². The fourth-order valence-corrected chi connectivity index (χ4v) is 8.29. The van der Waals surface area contributed by atoms with Crippen molar-refractivity contribution in [2.24, 2.45) is 0 Å². The molecule has 0 saturated carbocycles. The first kappa shape index (κ1) is 31.9. The van der Waals surface area contributed by atoms with Gasteiger partial charge in [-0.05, 0) is 58.7 Å². The predicted octanol–water partition coefficient (Wildman–Crippen LogP) is 12.7.